The molecule has 1 N–H and O–H groups in total. The first kappa shape index (κ1) is 20.2. The Kier molecular flexibility index (Phi) is 7.32. The number of hydrogen-bond donors (Lipinski definition) is 1. The zero-order valence-electron chi connectivity index (χ0n) is 14.3. The second kappa shape index (κ2) is 8.33. The number of benzene rings is 1. The number of sulfonamides is 1. The minimum absolute atomic E-state index is 0. The van der Waals surface area contributed by atoms with E-state index in [0.717, 1.165) is 36.3 Å². The maximum atomic E-state index is 12.9. The number of aryl methyl sites for hydroxylation is 2. The van der Waals surface area contributed by atoms with Gasteiger partial charge in [-0.2, -0.15) is 4.31 Å². The van der Waals surface area contributed by atoms with E-state index < -0.39 is 10.0 Å². The molecule has 132 valence electrons. The van der Waals surface area contributed by atoms with Crippen LogP contribution in [-0.2, 0) is 10.0 Å². The van der Waals surface area contributed by atoms with Crippen molar-refractivity contribution in [2.24, 2.45) is 5.92 Å². The molecule has 0 spiro atoms. The van der Waals surface area contributed by atoms with Crippen molar-refractivity contribution in [2.45, 2.75) is 31.6 Å². The molecule has 1 fully saturated rings. The summed E-state index contributed by atoms with van der Waals surface area (Å²) in [6, 6.07) is 3.53. The minimum atomic E-state index is -3.42. The lowest BCUT2D eigenvalue weighted by molar-refractivity contribution is 0.270. The molecule has 0 amide bonds. The van der Waals surface area contributed by atoms with Crippen LogP contribution in [-0.4, -0.2) is 46.5 Å². The molecule has 2 rings (SSSR count). The van der Waals surface area contributed by atoms with Gasteiger partial charge in [0.05, 0.1) is 12.0 Å². The topological polar surface area (TPSA) is 58.6 Å². The van der Waals surface area contributed by atoms with Crippen LogP contribution in [0.1, 0.15) is 24.0 Å². The summed E-state index contributed by atoms with van der Waals surface area (Å²) < 4.78 is 32.7. The molecule has 1 heterocycles. The molecule has 0 atom stereocenters. The number of methoxy groups -OCH3 is 1. The van der Waals surface area contributed by atoms with Crippen LogP contribution in [0, 0.1) is 19.8 Å². The summed E-state index contributed by atoms with van der Waals surface area (Å²) >= 11 is 0. The smallest absolute Gasteiger partial charge is 0.243 e. The first-order valence-corrected chi connectivity index (χ1v) is 9.14. The van der Waals surface area contributed by atoms with Crippen molar-refractivity contribution in [1.29, 1.82) is 0 Å². The van der Waals surface area contributed by atoms with E-state index in [0.29, 0.717) is 23.9 Å². The molecule has 0 saturated carbocycles. The van der Waals surface area contributed by atoms with Gasteiger partial charge < -0.3 is 10.1 Å². The van der Waals surface area contributed by atoms with Gasteiger partial charge in [-0.15, -0.1) is 12.4 Å². The van der Waals surface area contributed by atoms with Crippen molar-refractivity contribution in [3.05, 3.63) is 23.3 Å². The number of piperidine rings is 1. The fourth-order valence-corrected chi connectivity index (χ4v) is 4.80. The van der Waals surface area contributed by atoms with Gasteiger partial charge in [0, 0.05) is 13.1 Å². The molecule has 5 nitrogen and oxygen atoms in total. The molecule has 1 aliphatic heterocycles. The first-order valence-electron chi connectivity index (χ1n) is 7.70. The van der Waals surface area contributed by atoms with Gasteiger partial charge in [-0.3, -0.25) is 0 Å². The van der Waals surface area contributed by atoms with Crippen molar-refractivity contribution in [3.63, 3.8) is 0 Å². The molecular formula is C16H27ClN2O3S. The Morgan fingerprint density at radius 1 is 1.22 bits per heavy atom. The van der Waals surface area contributed by atoms with Crippen LogP contribution in [0.15, 0.2) is 17.0 Å². The number of hydrogen-bond acceptors (Lipinski definition) is 4. The van der Waals surface area contributed by atoms with Crippen LogP contribution in [0.5, 0.6) is 5.75 Å². The molecule has 0 aliphatic carbocycles. The predicted molar refractivity (Wildman–Crippen MR) is 95.1 cm³/mol. The highest BCUT2D eigenvalue weighted by molar-refractivity contribution is 7.89. The third-order valence-electron chi connectivity index (χ3n) is 4.38. The van der Waals surface area contributed by atoms with Crippen molar-refractivity contribution in [3.8, 4) is 5.75 Å². The maximum absolute atomic E-state index is 12.9. The fourth-order valence-electron chi connectivity index (χ4n) is 3.04. The van der Waals surface area contributed by atoms with Crippen LogP contribution in [0.25, 0.3) is 0 Å². The highest BCUT2D eigenvalue weighted by Crippen LogP contribution is 2.29. The van der Waals surface area contributed by atoms with Crippen molar-refractivity contribution < 1.29 is 13.2 Å². The van der Waals surface area contributed by atoms with E-state index >= 15 is 0 Å². The van der Waals surface area contributed by atoms with Crippen LogP contribution in [0.3, 0.4) is 0 Å². The lowest BCUT2D eigenvalue weighted by Crippen LogP contribution is -2.40. The van der Waals surface area contributed by atoms with E-state index in [-0.39, 0.29) is 12.4 Å². The molecule has 23 heavy (non-hydrogen) atoms. The van der Waals surface area contributed by atoms with E-state index in [2.05, 4.69) is 5.32 Å². The second-order valence-electron chi connectivity index (χ2n) is 5.99. The number of ether oxygens (including phenoxy) is 1. The van der Waals surface area contributed by atoms with E-state index in [1.165, 1.54) is 0 Å². The van der Waals surface area contributed by atoms with Crippen LogP contribution in [0.4, 0.5) is 0 Å². The highest BCUT2D eigenvalue weighted by atomic mass is 35.5. The monoisotopic (exact) mass is 362 g/mol. The van der Waals surface area contributed by atoms with Gasteiger partial charge in [-0.1, -0.05) is 0 Å². The van der Waals surface area contributed by atoms with Gasteiger partial charge in [0.1, 0.15) is 5.75 Å². The summed E-state index contributed by atoms with van der Waals surface area (Å²) in [5.74, 6) is 1.29. The van der Waals surface area contributed by atoms with Gasteiger partial charge in [0.2, 0.25) is 10.0 Å². The minimum Gasteiger partial charge on any atom is -0.496 e. The molecule has 1 aliphatic rings. The first-order chi connectivity index (χ1) is 10.4. The standard InChI is InChI=1S/C16H26N2O3S.ClH/c1-12-10-16(13(2)9-15(12)21-4)22(19,20)18-7-5-14(6-8-18)11-17-3;/h9-10,14,17H,5-8,11H2,1-4H3;1H. The number of nitrogens with one attached hydrogen (secondary N) is 1. The second-order valence-corrected chi connectivity index (χ2v) is 7.90. The molecule has 0 bridgehead atoms. The van der Waals surface area contributed by atoms with Crippen molar-refractivity contribution >= 4 is 22.4 Å². The lowest BCUT2D eigenvalue weighted by atomic mass is 9.98. The Hall–Kier alpha value is -0.820. The Bertz CT molecular complexity index is 626. The summed E-state index contributed by atoms with van der Waals surface area (Å²) in [5, 5.41) is 3.17. The quantitative estimate of drug-likeness (QED) is 0.873. The summed E-state index contributed by atoms with van der Waals surface area (Å²) in [7, 11) is 0.116. The molecule has 7 heteroatoms. The number of halogens is 1. The molecule has 1 aromatic rings. The summed E-state index contributed by atoms with van der Waals surface area (Å²) in [6.07, 6.45) is 1.82. The third-order valence-corrected chi connectivity index (χ3v) is 6.42. The molecular weight excluding hydrogens is 336 g/mol. The average molecular weight is 363 g/mol. The van der Waals surface area contributed by atoms with Gasteiger partial charge in [-0.05, 0) is 69.5 Å². The van der Waals surface area contributed by atoms with E-state index in [1.807, 2.05) is 20.9 Å². The van der Waals surface area contributed by atoms with Crippen LogP contribution in [0.2, 0.25) is 0 Å². The molecule has 1 aromatic carbocycles. The summed E-state index contributed by atoms with van der Waals surface area (Å²) in [5.41, 5.74) is 1.58. The highest BCUT2D eigenvalue weighted by Gasteiger charge is 2.30. The lowest BCUT2D eigenvalue weighted by Gasteiger charge is -2.31. The van der Waals surface area contributed by atoms with Crippen molar-refractivity contribution in [2.75, 3.05) is 33.8 Å². The molecule has 1 saturated heterocycles. The van der Waals surface area contributed by atoms with Gasteiger partial charge >= 0.3 is 0 Å². The van der Waals surface area contributed by atoms with Gasteiger partial charge in [-0.25, -0.2) is 8.42 Å². The number of rotatable bonds is 5. The maximum Gasteiger partial charge on any atom is 0.243 e. The van der Waals surface area contributed by atoms with E-state index in [4.69, 9.17) is 4.74 Å². The van der Waals surface area contributed by atoms with E-state index in [1.54, 1.807) is 23.5 Å². The Morgan fingerprint density at radius 3 is 2.35 bits per heavy atom. The average Bonchev–Trinajstić information content (AvgIpc) is 2.50. The van der Waals surface area contributed by atoms with Gasteiger partial charge in [0.25, 0.3) is 0 Å². The summed E-state index contributed by atoms with van der Waals surface area (Å²) in [4.78, 5) is 0.401. The molecule has 0 aromatic heterocycles. The Morgan fingerprint density at radius 2 is 1.83 bits per heavy atom. The summed E-state index contributed by atoms with van der Waals surface area (Å²) in [6.45, 7) is 5.84. The molecule has 0 radical (unpaired) electrons. The number of nitrogens with zero attached hydrogens (tertiary/aromatic N) is 1. The molecule has 0 unspecified atom stereocenters. The Labute approximate surface area is 145 Å². The Balaban J connectivity index is 0.00000264. The SMILES string of the molecule is CNCC1CCN(S(=O)(=O)c2cc(C)c(OC)cc2C)CC1.Cl. The largest absolute Gasteiger partial charge is 0.496 e. The normalized spacial score (nSPS) is 16.9. The fraction of sp³-hybridized carbons (Fsp3) is 0.625. The zero-order valence-corrected chi connectivity index (χ0v) is 15.9. The van der Waals surface area contributed by atoms with E-state index in [9.17, 15) is 8.42 Å². The predicted octanol–water partition coefficient (Wildman–Crippen LogP) is 2.35. The van der Waals surface area contributed by atoms with Gasteiger partial charge in [0.15, 0.2) is 0 Å². The van der Waals surface area contributed by atoms with Crippen LogP contribution >= 0.6 is 12.4 Å². The third kappa shape index (κ3) is 4.38. The van der Waals surface area contributed by atoms with Crippen molar-refractivity contribution in [1.82, 2.24) is 9.62 Å². The van der Waals surface area contributed by atoms with Crippen LogP contribution < -0.4 is 10.1 Å². The zero-order chi connectivity index (χ0) is 16.3.